The van der Waals surface area contributed by atoms with Gasteiger partial charge in [-0.3, -0.25) is 4.79 Å². The standard InChI is InChI=1S/C22H18N2O2S2.C2H6O/c23-13-16-19(18-11-6-12-27-18)15-9-4-5-10-17(15)24-21(16)28-20(22(25)26)14-7-2-1-3-8-14;1-2-3/h1-3,6-8,11-12,20H,4-5,9-10H2,(H,25,26);3H,2H2,1H3. The molecule has 31 heavy (non-hydrogen) atoms. The van der Waals surface area contributed by atoms with Crippen molar-refractivity contribution in [2.45, 2.75) is 42.9 Å². The van der Waals surface area contributed by atoms with Crippen LogP contribution < -0.4 is 0 Å². The van der Waals surface area contributed by atoms with Gasteiger partial charge in [0.2, 0.25) is 0 Å². The first-order valence-electron chi connectivity index (χ1n) is 10.2. The zero-order valence-electron chi connectivity index (χ0n) is 17.2. The second-order valence-electron chi connectivity index (χ2n) is 6.95. The molecule has 0 saturated carbocycles. The first-order valence-corrected chi connectivity index (χ1v) is 11.9. The molecule has 2 aromatic heterocycles. The van der Waals surface area contributed by atoms with E-state index in [9.17, 15) is 15.2 Å². The number of carboxylic acid groups (broad SMARTS) is 1. The molecule has 1 unspecified atom stereocenters. The summed E-state index contributed by atoms with van der Waals surface area (Å²) in [6, 6.07) is 15.5. The van der Waals surface area contributed by atoms with Crippen LogP contribution in [-0.4, -0.2) is 27.8 Å². The molecule has 4 rings (SSSR count). The second kappa shape index (κ2) is 11.1. The molecule has 160 valence electrons. The molecule has 7 heteroatoms. The fraction of sp³-hybridized carbons (Fsp3) is 0.292. The highest BCUT2D eigenvalue weighted by molar-refractivity contribution is 8.00. The Kier molecular flexibility index (Phi) is 8.24. The van der Waals surface area contributed by atoms with Crippen LogP contribution >= 0.6 is 23.1 Å². The van der Waals surface area contributed by atoms with Crippen molar-refractivity contribution in [1.29, 1.82) is 5.26 Å². The van der Waals surface area contributed by atoms with Crippen molar-refractivity contribution in [3.8, 4) is 16.5 Å². The third-order valence-electron chi connectivity index (χ3n) is 4.88. The summed E-state index contributed by atoms with van der Waals surface area (Å²) in [5, 5.41) is 29.1. The number of thiophene rings is 1. The Hall–Kier alpha value is -2.66. The average molecular weight is 453 g/mol. The molecule has 5 nitrogen and oxygen atoms in total. The fourth-order valence-electron chi connectivity index (χ4n) is 3.60. The van der Waals surface area contributed by atoms with E-state index in [4.69, 9.17) is 10.1 Å². The molecule has 0 saturated heterocycles. The predicted molar refractivity (Wildman–Crippen MR) is 124 cm³/mol. The topological polar surface area (TPSA) is 94.2 Å². The number of aliphatic hydroxyl groups is 1. The van der Waals surface area contributed by atoms with Crippen LogP contribution in [0.15, 0.2) is 52.9 Å². The number of carboxylic acids is 1. The van der Waals surface area contributed by atoms with Gasteiger partial charge in [0, 0.05) is 22.7 Å². The first kappa shape index (κ1) is 23.0. The van der Waals surface area contributed by atoms with Crippen molar-refractivity contribution in [3.63, 3.8) is 0 Å². The van der Waals surface area contributed by atoms with E-state index < -0.39 is 11.2 Å². The number of hydrogen-bond acceptors (Lipinski definition) is 6. The Morgan fingerprint density at radius 2 is 1.94 bits per heavy atom. The van der Waals surface area contributed by atoms with E-state index in [1.807, 2.05) is 35.7 Å². The molecule has 2 heterocycles. The van der Waals surface area contributed by atoms with Crippen molar-refractivity contribution < 1.29 is 15.0 Å². The number of fused-ring (bicyclic) bond motifs is 1. The van der Waals surface area contributed by atoms with Crippen LogP contribution in [0.1, 0.15) is 47.4 Å². The number of aliphatic hydroxyl groups excluding tert-OH is 1. The number of pyridine rings is 1. The summed E-state index contributed by atoms with van der Waals surface area (Å²) in [5.41, 5.74) is 4.30. The van der Waals surface area contributed by atoms with E-state index in [1.165, 1.54) is 0 Å². The zero-order valence-corrected chi connectivity index (χ0v) is 18.9. The van der Waals surface area contributed by atoms with Crippen LogP contribution in [0.2, 0.25) is 0 Å². The molecule has 0 fully saturated rings. The number of hydrogen-bond donors (Lipinski definition) is 2. The van der Waals surface area contributed by atoms with E-state index in [2.05, 4.69) is 6.07 Å². The van der Waals surface area contributed by atoms with Crippen LogP contribution in [0.5, 0.6) is 0 Å². The number of carbonyl (C=O) groups is 1. The second-order valence-corrected chi connectivity index (χ2v) is 8.99. The number of aliphatic carboxylic acids is 1. The van der Waals surface area contributed by atoms with Gasteiger partial charge >= 0.3 is 5.97 Å². The summed E-state index contributed by atoms with van der Waals surface area (Å²) in [7, 11) is 0. The molecule has 1 aromatic carbocycles. The highest BCUT2D eigenvalue weighted by Crippen LogP contribution is 2.43. The van der Waals surface area contributed by atoms with Crippen LogP contribution in [0, 0.1) is 11.3 Å². The monoisotopic (exact) mass is 452 g/mol. The number of aromatic nitrogens is 1. The Bertz CT molecular complexity index is 1060. The van der Waals surface area contributed by atoms with Gasteiger partial charge in [-0.2, -0.15) is 5.26 Å². The van der Waals surface area contributed by atoms with E-state index in [-0.39, 0.29) is 6.61 Å². The van der Waals surface area contributed by atoms with Gasteiger partial charge in [0.15, 0.2) is 0 Å². The number of benzene rings is 1. The summed E-state index contributed by atoms with van der Waals surface area (Å²) in [5.74, 6) is -0.933. The maximum Gasteiger partial charge on any atom is 0.321 e. The van der Waals surface area contributed by atoms with Crippen LogP contribution in [0.25, 0.3) is 10.4 Å². The normalized spacial score (nSPS) is 13.3. The summed E-state index contributed by atoms with van der Waals surface area (Å²) in [6.45, 7) is 1.93. The lowest BCUT2D eigenvalue weighted by molar-refractivity contribution is -0.136. The zero-order chi connectivity index (χ0) is 22.2. The molecule has 2 N–H and O–H groups in total. The number of thioether (sulfide) groups is 1. The van der Waals surface area contributed by atoms with Gasteiger partial charge in [0.1, 0.15) is 16.3 Å². The van der Waals surface area contributed by atoms with Crippen LogP contribution in [-0.2, 0) is 17.6 Å². The highest BCUT2D eigenvalue weighted by atomic mass is 32.2. The number of nitrogens with zero attached hydrogens (tertiary/aromatic N) is 2. The minimum Gasteiger partial charge on any atom is -0.480 e. The van der Waals surface area contributed by atoms with E-state index in [1.54, 1.807) is 30.4 Å². The Morgan fingerprint density at radius 3 is 2.55 bits per heavy atom. The SMILES string of the molecule is CCO.N#Cc1c(SC(C(=O)O)c2ccccc2)nc2c(c1-c1cccs1)CCCC2. The summed E-state index contributed by atoms with van der Waals surface area (Å²) in [6.07, 6.45) is 3.94. The number of rotatable bonds is 5. The minimum absolute atomic E-state index is 0.250. The van der Waals surface area contributed by atoms with Gasteiger partial charge in [-0.25, -0.2) is 4.98 Å². The van der Waals surface area contributed by atoms with E-state index in [0.29, 0.717) is 16.2 Å². The first-order chi connectivity index (χ1) is 15.1. The van der Waals surface area contributed by atoms with Crippen molar-refractivity contribution >= 4 is 29.1 Å². The summed E-state index contributed by atoms with van der Waals surface area (Å²) in [4.78, 5) is 17.8. The van der Waals surface area contributed by atoms with Crippen LogP contribution in [0.4, 0.5) is 0 Å². The smallest absolute Gasteiger partial charge is 0.321 e. The molecule has 3 aromatic rings. The molecule has 1 aliphatic carbocycles. The highest BCUT2D eigenvalue weighted by Gasteiger charge is 2.28. The van der Waals surface area contributed by atoms with Gasteiger partial charge in [-0.15, -0.1) is 11.3 Å². The Labute approximate surface area is 190 Å². The maximum absolute atomic E-state index is 12.0. The number of aryl methyl sites for hydroxylation is 1. The van der Waals surface area contributed by atoms with Crippen LogP contribution in [0.3, 0.4) is 0 Å². The van der Waals surface area contributed by atoms with Crippen molar-refractivity contribution in [3.05, 3.63) is 70.2 Å². The Morgan fingerprint density at radius 1 is 1.23 bits per heavy atom. The number of nitriles is 1. The molecular formula is C24H24N2O3S2. The molecule has 0 bridgehead atoms. The Balaban J connectivity index is 0.000000858. The van der Waals surface area contributed by atoms with Crippen molar-refractivity contribution in [2.24, 2.45) is 0 Å². The van der Waals surface area contributed by atoms with Gasteiger partial charge < -0.3 is 10.2 Å². The van der Waals surface area contributed by atoms with E-state index >= 15 is 0 Å². The molecule has 1 atom stereocenters. The largest absolute Gasteiger partial charge is 0.480 e. The molecule has 0 spiro atoms. The average Bonchev–Trinajstić information content (AvgIpc) is 3.31. The minimum atomic E-state index is -0.933. The third kappa shape index (κ3) is 5.34. The quantitative estimate of drug-likeness (QED) is 0.498. The summed E-state index contributed by atoms with van der Waals surface area (Å²) >= 11 is 2.76. The maximum atomic E-state index is 12.0. The van der Waals surface area contributed by atoms with Gasteiger partial charge in [0.25, 0.3) is 0 Å². The van der Waals surface area contributed by atoms with E-state index in [0.717, 1.165) is 59.1 Å². The molecule has 0 radical (unpaired) electrons. The molecular weight excluding hydrogens is 428 g/mol. The fourth-order valence-corrected chi connectivity index (χ4v) is 5.45. The predicted octanol–water partition coefficient (Wildman–Crippen LogP) is 5.48. The van der Waals surface area contributed by atoms with Gasteiger partial charge in [-0.1, -0.05) is 48.2 Å². The van der Waals surface area contributed by atoms with Gasteiger partial charge in [0.05, 0.1) is 5.56 Å². The summed E-state index contributed by atoms with van der Waals surface area (Å²) < 4.78 is 0. The van der Waals surface area contributed by atoms with Crippen molar-refractivity contribution in [2.75, 3.05) is 6.61 Å². The molecule has 0 aliphatic heterocycles. The third-order valence-corrected chi connectivity index (χ3v) is 6.99. The lowest BCUT2D eigenvalue weighted by atomic mass is 9.89. The molecule has 0 amide bonds. The lowest BCUT2D eigenvalue weighted by Crippen LogP contribution is -2.12. The van der Waals surface area contributed by atoms with Crippen molar-refractivity contribution in [1.82, 2.24) is 4.98 Å². The molecule has 1 aliphatic rings. The van der Waals surface area contributed by atoms with Gasteiger partial charge in [-0.05, 0) is 55.2 Å². The lowest BCUT2D eigenvalue weighted by Gasteiger charge is -2.22.